The summed E-state index contributed by atoms with van der Waals surface area (Å²) in [6, 6.07) is 13.8. The molecule has 1 aliphatic heterocycles. The third kappa shape index (κ3) is 7.32. The van der Waals surface area contributed by atoms with E-state index in [1.165, 1.54) is 17.3 Å². The molecule has 6 nitrogen and oxygen atoms in total. The van der Waals surface area contributed by atoms with Crippen molar-refractivity contribution in [3.05, 3.63) is 63.0 Å². The zero-order valence-electron chi connectivity index (χ0n) is 18.8. The van der Waals surface area contributed by atoms with Gasteiger partial charge in [0.1, 0.15) is 4.32 Å². The van der Waals surface area contributed by atoms with E-state index in [-0.39, 0.29) is 12.3 Å². The number of carboxylic acid groups (broad SMARTS) is 1. The molecular weight excluding hydrogens is 538 g/mol. The van der Waals surface area contributed by atoms with Crippen molar-refractivity contribution >= 4 is 62.2 Å². The number of carbonyl (C=O) groups is 2. The van der Waals surface area contributed by atoms with Crippen molar-refractivity contribution in [3.8, 4) is 11.5 Å². The Morgan fingerprint density at radius 1 is 1.21 bits per heavy atom. The van der Waals surface area contributed by atoms with Crippen molar-refractivity contribution in [2.24, 2.45) is 0 Å². The summed E-state index contributed by atoms with van der Waals surface area (Å²) in [5, 5.41) is 8.73. The van der Waals surface area contributed by atoms with Crippen LogP contribution >= 0.6 is 39.9 Å². The predicted molar refractivity (Wildman–Crippen MR) is 142 cm³/mol. The van der Waals surface area contributed by atoms with Crippen LogP contribution in [0.4, 0.5) is 0 Å². The Labute approximate surface area is 217 Å². The van der Waals surface area contributed by atoms with E-state index in [9.17, 15) is 9.59 Å². The molecule has 0 aromatic heterocycles. The normalized spacial score (nSPS) is 14.6. The minimum atomic E-state index is -0.803. The summed E-state index contributed by atoms with van der Waals surface area (Å²) in [4.78, 5) is 25.6. The molecule has 0 aliphatic carbocycles. The maximum absolute atomic E-state index is 12.9. The first-order valence-corrected chi connectivity index (χ1v) is 12.9. The molecule has 1 amide bonds. The molecule has 1 N–H and O–H groups in total. The number of carboxylic acids is 1. The van der Waals surface area contributed by atoms with Gasteiger partial charge in [-0.2, -0.15) is 0 Å². The first kappa shape index (κ1) is 26.2. The maximum atomic E-state index is 12.9. The molecule has 2 aromatic carbocycles. The highest BCUT2D eigenvalue weighted by atomic mass is 79.9. The highest BCUT2D eigenvalue weighted by Crippen LogP contribution is 2.39. The van der Waals surface area contributed by atoms with Gasteiger partial charge in [-0.05, 0) is 58.1 Å². The minimum Gasteiger partial charge on any atom is -0.493 e. The summed E-state index contributed by atoms with van der Waals surface area (Å²) in [5.41, 5.74) is 1.99. The molecule has 3 rings (SSSR count). The van der Waals surface area contributed by atoms with E-state index in [0.29, 0.717) is 46.7 Å². The zero-order valence-corrected chi connectivity index (χ0v) is 22.0. The first-order chi connectivity index (χ1) is 16.4. The number of thiocarbonyl (C=S) groups is 1. The second-order valence-electron chi connectivity index (χ2n) is 7.66. The molecule has 0 atom stereocenters. The van der Waals surface area contributed by atoms with Gasteiger partial charge >= 0.3 is 5.97 Å². The minimum absolute atomic E-state index is 0.133. The second-order valence-corrected chi connectivity index (χ2v) is 10.2. The summed E-state index contributed by atoms with van der Waals surface area (Å²) >= 11 is 10.2. The number of nitrogens with zero attached hydrogens (tertiary/aromatic N) is 1. The Kier molecular flexibility index (Phi) is 9.98. The van der Waals surface area contributed by atoms with Gasteiger partial charge in [0, 0.05) is 19.4 Å². The van der Waals surface area contributed by atoms with Crippen LogP contribution in [0, 0.1) is 0 Å². The predicted octanol–water partition coefficient (Wildman–Crippen LogP) is 5.93. The van der Waals surface area contributed by atoms with Gasteiger partial charge in [-0.25, -0.2) is 0 Å². The van der Waals surface area contributed by atoms with E-state index in [1.54, 1.807) is 18.1 Å². The van der Waals surface area contributed by atoms with Gasteiger partial charge in [0.25, 0.3) is 5.91 Å². The van der Waals surface area contributed by atoms with Gasteiger partial charge in [-0.1, -0.05) is 60.7 Å². The molecule has 0 radical (unpaired) electrons. The zero-order chi connectivity index (χ0) is 24.5. The molecule has 180 valence electrons. The van der Waals surface area contributed by atoms with Crippen LogP contribution < -0.4 is 9.47 Å². The number of aliphatic carboxylic acids is 1. The molecule has 1 aliphatic rings. The topological polar surface area (TPSA) is 76.1 Å². The van der Waals surface area contributed by atoms with Gasteiger partial charge in [0.15, 0.2) is 11.5 Å². The molecule has 0 unspecified atom stereocenters. The molecule has 34 heavy (non-hydrogen) atoms. The monoisotopic (exact) mass is 563 g/mol. The van der Waals surface area contributed by atoms with Crippen molar-refractivity contribution in [1.82, 2.24) is 4.90 Å². The van der Waals surface area contributed by atoms with Crippen LogP contribution in [-0.4, -0.2) is 46.5 Å². The number of rotatable bonds is 12. The van der Waals surface area contributed by atoms with Crippen molar-refractivity contribution in [2.75, 3.05) is 20.3 Å². The lowest BCUT2D eigenvalue weighted by molar-refractivity contribution is -0.137. The Morgan fingerprint density at radius 3 is 2.68 bits per heavy atom. The van der Waals surface area contributed by atoms with E-state index in [1.807, 2.05) is 30.3 Å². The van der Waals surface area contributed by atoms with Gasteiger partial charge in [0.05, 0.1) is 23.1 Å². The number of halogens is 1. The summed E-state index contributed by atoms with van der Waals surface area (Å²) in [6.45, 7) is 0.992. The number of ether oxygens (including phenoxy) is 2. The second kappa shape index (κ2) is 12.9. The van der Waals surface area contributed by atoms with E-state index < -0.39 is 5.97 Å². The third-order valence-corrected chi connectivity index (χ3v) is 7.14. The highest BCUT2D eigenvalue weighted by Gasteiger charge is 2.31. The number of carbonyl (C=O) groups excluding carboxylic acids is 1. The van der Waals surface area contributed by atoms with Crippen LogP contribution in [0.15, 0.2) is 51.8 Å². The lowest BCUT2D eigenvalue weighted by atomic mass is 10.1. The third-order valence-electron chi connectivity index (χ3n) is 5.18. The van der Waals surface area contributed by atoms with Crippen LogP contribution in [-0.2, 0) is 16.0 Å². The lowest BCUT2D eigenvalue weighted by Crippen LogP contribution is -2.29. The lowest BCUT2D eigenvalue weighted by Gasteiger charge is -2.14. The van der Waals surface area contributed by atoms with Crippen LogP contribution in [0.5, 0.6) is 11.5 Å². The number of hydrogen-bond donors (Lipinski definition) is 1. The molecule has 2 aromatic rings. The fourth-order valence-corrected chi connectivity index (χ4v) is 5.33. The molecule has 1 heterocycles. The van der Waals surface area contributed by atoms with E-state index in [4.69, 9.17) is 26.8 Å². The van der Waals surface area contributed by atoms with Crippen LogP contribution in [0.2, 0.25) is 0 Å². The average Bonchev–Trinajstić information content (AvgIpc) is 3.07. The Morgan fingerprint density at radius 2 is 1.97 bits per heavy atom. The fraction of sp³-hybridized carbons (Fsp3) is 0.320. The Bertz CT molecular complexity index is 1070. The summed E-state index contributed by atoms with van der Waals surface area (Å²) in [5.74, 6) is 0.251. The Hall–Kier alpha value is -2.36. The summed E-state index contributed by atoms with van der Waals surface area (Å²) in [6.07, 6.45) is 4.75. The Balaban J connectivity index is 1.64. The molecule has 1 fully saturated rings. The van der Waals surface area contributed by atoms with E-state index in [2.05, 4.69) is 28.1 Å². The van der Waals surface area contributed by atoms with Crippen LogP contribution in [0.25, 0.3) is 6.08 Å². The van der Waals surface area contributed by atoms with Crippen molar-refractivity contribution in [1.29, 1.82) is 0 Å². The average molecular weight is 565 g/mol. The molecular formula is C25H26BrNO5S2. The molecule has 1 saturated heterocycles. The maximum Gasteiger partial charge on any atom is 0.303 e. The standard InChI is InChI=1S/C25H26BrNO5S2/c1-31-20-15-18(14-19(26)23(20)32-13-11-17-8-4-2-5-9-17)16-21-24(30)27(25(33)34-21)12-7-3-6-10-22(28)29/h2,4-5,8-9,14-16H,3,6-7,10-13H2,1H3,(H,28,29)/b21-16-. The largest absolute Gasteiger partial charge is 0.493 e. The molecule has 0 saturated carbocycles. The number of unbranched alkanes of at least 4 members (excludes halogenated alkanes) is 2. The van der Waals surface area contributed by atoms with Crippen molar-refractivity contribution in [3.63, 3.8) is 0 Å². The summed E-state index contributed by atoms with van der Waals surface area (Å²) in [7, 11) is 1.58. The number of amides is 1. The molecule has 0 bridgehead atoms. The quantitative estimate of drug-likeness (QED) is 0.195. The highest BCUT2D eigenvalue weighted by molar-refractivity contribution is 9.10. The molecule has 9 heteroatoms. The van der Waals surface area contributed by atoms with E-state index in [0.717, 1.165) is 22.9 Å². The first-order valence-electron chi connectivity index (χ1n) is 10.9. The number of hydrogen-bond acceptors (Lipinski definition) is 6. The fourth-order valence-electron chi connectivity index (χ4n) is 3.45. The SMILES string of the molecule is COc1cc(/C=C2\SC(=S)N(CCCCCC(=O)O)C2=O)cc(Br)c1OCCc1ccccc1. The van der Waals surface area contributed by atoms with E-state index >= 15 is 0 Å². The van der Waals surface area contributed by atoms with Gasteiger partial charge in [-0.15, -0.1) is 0 Å². The van der Waals surface area contributed by atoms with Crippen molar-refractivity contribution < 1.29 is 24.2 Å². The van der Waals surface area contributed by atoms with Gasteiger partial charge < -0.3 is 14.6 Å². The van der Waals surface area contributed by atoms with Gasteiger partial charge in [0.2, 0.25) is 0 Å². The number of benzene rings is 2. The number of methoxy groups -OCH3 is 1. The smallest absolute Gasteiger partial charge is 0.303 e. The van der Waals surface area contributed by atoms with Crippen LogP contribution in [0.1, 0.15) is 36.8 Å². The summed E-state index contributed by atoms with van der Waals surface area (Å²) < 4.78 is 12.8. The van der Waals surface area contributed by atoms with Crippen molar-refractivity contribution in [2.45, 2.75) is 32.1 Å². The van der Waals surface area contributed by atoms with Crippen LogP contribution in [0.3, 0.4) is 0 Å². The van der Waals surface area contributed by atoms with Gasteiger partial charge in [-0.3, -0.25) is 14.5 Å². The number of thioether (sulfide) groups is 1. The molecule has 0 spiro atoms.